The first kappa shape index (κ1) is 12.4. The molecule has 0 atom stereocenters. The van der Waals surface area contributed by atoms with E-state index < -0.39 is 0 Å². The van der Waals surface area contributed by atoms with E-state index >= 15 is 0 Å². The number of para-hydroxylation sites is 1. The lowest BCUT2D eigenvalue weighted by atomic mass is 10.2. The fourth-order valence-corrected chi connectivity index (χ4v) is 1.58. The second-order valence-corrected chi connectivity index (χ2v) is 3.66. The smallest absolute Gasteiger partial charge is 0.253 e. The predicted molar refractivity (Wildman–Crippen MR) is 64.3 cm³/mol. The molecule has 6 nitrogen and oxygen atoms in total. The summed E-state index contributed by atoms with van der Waals surface area (Å²) in [6, 6.07) is 5.56. The van der Waals surface area contributed by atoms with Gasteiger partial charge in [-0.3, -0.25) is 0 Å². The lowest BCUT2D eigenvalue weighted by Gasteiger charge is -2.12. The second-order valence-electron chi connectivity index (χ2n) is 3.66. The van der Waals surface area contributed by atoms with Gasteiger partial charge in [0.1, 0.15) is 0 Å². The van der Waals surface area contributed by atoms with Crippen LogP contribution in [0.5, 0.6) is 11.5 Å². The highest BCUT2D eigenvalue weighted by Gasteiger charge is 2.11. The number of nitrogens with two attached hydrogens (primary N) is 1. The lowest BCUT2D eigenvalue weighted by molar-refractivity contribution is 0.245. The van der Waals surface area contributed by atoms with E-state index in [1.165, 1.54) is 0 Å². The molecular weight excluding hydrogens is 234 g/mol. The highest BCUT2D eigenvalue weighted by Crippen LogP contribution is 2.31. The Morgan fingerprint density at radius 3 is 2.78 bits per heavy atom. The third-order valence-electron chi connectivity index (χ3n) is 2.41. The summed E-state index contributed by atoms with van der Waals surface area (Å²) in [5, 5.41) is 7.59. The molecule has 1 aromatic heterocycles. The molecule has 0 saturated carbocycles. The van der Waals surface area contributed by atoms with Crippen molar-refractivity contribution in [3.05, 3.63) is 35.5 Å². The van der Waals surface area contributed by atoms with Crippen LogP contribution >= 0.6 is 0 Å². The summed E-state index contributed by atoms with van der Waals surface area (Å²) in [6.07, 6.45) is 0. The standard InChI is InChI=1S/C12H15N3O3/c1-8-14-15-11(18-8)7-17-12-9(6-13)4-3-5-10(12)16-2/h3-5H,6-7,13H2,1-2H3. The first-order valence-corrected chi connectivity index (χ1v) is 5.52. The van der Waals surface area contributed by atoms with Crippen LogP contribution in [-0.2, 0) is 13.2 Å². The molecule has 0 bridgehead atoms. The molecule has 2 aromatic rings. The third-order valence-corrected chi connectivity index (χ3v) is 2.41. The fourth-order valence-electron chi connectivity index (χ4n) is 1.58. The summed E-state index contributed by atoms with van der Waals surface area (Å²) in [4.78, 5) is 0. The van der Waals surface area contributed by atoms with Crippen molar-refractivity contribution in [1.82, 2.24) is 10.2 Å². The van der Waals surface area contributed by atoms with Gasteiger partial charge in [0.15, 0.2) is 18.1 Å². The van der Waals surface area contributed by atoms with Gasteiger partial charge >= 0.3 is 0 Å². The van der Waals surface area contributed by atoms with Gasteiger partial charge in [0, 0.05) is 19.0 Å². The molecule has 0 saturated heterocycles. The summed E-state index contributed by atoms with van der Waals surface area (Å²) in [6.45, 7) is 2.29. The number of hydrogen-bond donors (Lipinski definition) is 1. The van der Waals surface area contributed by atoms with Gasteiger partial charge < -0.3 is 19.6 Å². The van der Waals surface area contributed by atoms with Crippen molar-refractivity contribution in [2.45, 2.75) is 20.1 Å². The number of ether oxygens (including phenoxy) is 2. The van der Waals surface area contributed by atoms with E-state index in [1.54, 1.807) is 14.0 Å². The Balaban J connectivity index is 2.17. The number of nitrogens with zero attached hydrogens (tertiary/aromatic N) is 2. The number of benzene rings is 1. The molecule has 0 fully saturated rings. The minimum absolute atomic E-state index is 0.189. The SMILES string of the molecule is COc1cccc(CN)c1OCc1nnc(C)o1. The van der Waals surface area contributed by atoms with Gasteiger partial charge in [-0.1, -0.05) is 12.1 Å². The molecule has 0 aliphatic rings. The number of hydrogen-bond acceptors (Lipinski definition) is 6. The molecule has 1 heterocycles. The Morgan fingerprint density at radius 1 is 1.33 bits per heavy atom. The van der Waals surface area contributed by atoms with Crippen LogP contribution in [0.3, 0.4) is 0 Å². The molecule has 1 aromatic carbocycles. The minimum Gasteiger partial charge on any atom is -0.493 e. The van der Waals surface area contributed by atoms with E-state index in [2.05, 4.69) is 10.2 Å². The first-order chi connectivity index (χ1) is 8.74. The van der Waals surface area contributed by atoms with Crippen molar-refractivity contribution in [1.29, 1.82) is 0 Å². The van der Waals surface area contributed by atoms with Crippen LogP contribution in [0.15, 0.2) is 22.6 Å². The van der Waals surface area contributed by atoms with E-state index in [-0.39, 0.29) is 6.61 Å². The predicted octanol–water partition coefficient (Wildman–Crippen LogP) is 1.42. The number of aromatic nitrogens is 2. The zero-order valence-electron chi connectivity index (χ0n) is 10.3. The van der Waals surface area contributed by atoms with Crippen LogP contribution in [0.25, 0.3) is 0 Å². The second kappa shape index (κ2) is 5.50. The van der Waals surface area contributed by atoms with E-state index in [9.17, 15) is 0 Å². The zero-order chi connectivity index (χ0) is 13.0. The Labute approximate surface area is 105 Å². The zero-order valence-corrected chi connectivity index (χ0v) is 10.3. The maximum absolute atomic E-state index is 5.66. The molecule has 2 rings (SSSR count). The van der Waals surface area contributed by atoms with Gasteiger partial charge in [0.05, 0.1) is 7.11 Å². The van der Waals surface area contributed by atoms with Gasteiger partial charge in [-0.15, -0.1) is 10.2 Å². The number of rotatable bonds is 5. The molecule has 0 unspecified atom stereocenters. The van der Waals surface area contributed by atoms with Gasteiger partial charge in [-0.05, 0) is 6.07 Å². The molecule has 2 N–H and O–H groups in total. The molecule has 0 spiro atoms. The highest BCUT2D eigenvalue weighted by atomic mass is 16.5. The topological polar surface area (TPSA) is 83.4 Å². The lowest BCUT2D eigenvalue weighted by Crippen LogP contribution is -2.04. The van der Waals surface area contributed by atoms with Crippen LogP contribution in [0.4, 0.5) is 0 Å². The van der Waals surface area contributed by atoms with E-state index in [1.807, 2.05) is 18.2 Å². The molecule has 0 amide bonds. The quantitative estimate of drug-likeness (QED) is 0.862. The van der Waals surface area contributed by atoms with Gasteiger partial charge in [0.2, 0.25) is 5.89 Å². The maximum atomic E-state index is 5.66. The Kier molecular flexibility index (Phi) is 3.78. The van der Waals surface area contributed by atoms with Crippen molar-refractivity contribution in [2.75, 3.05) is 7.11 Å². The third kappa shape index (κ3) is 2.60. The Hall–Kier alpha value is -2.08. The minimum atomic E-state index is 0.189. The molecule has 6 heteroatoms. The average molecular weight is 249 g/mol. The molecule has 18 heavy (non-hydrogen) atoms. The highest BCUT2D eigenvalue weighted by molar-refractivity contribution is 5.46. The summed E-state index contributed by atoms with van der Waals surface area (Å²) in [5.41, 5.74) is 6.53. The average Bonchev–Trinajstić information content (AvgIpc) is 2.81. The van der Waals surface area contributed by atoms with Crippen LogP contribution in [0.2, 0.25) is 0 Å². The van der Waals surface area contributed by atoms with Crippen LogP contribution in [-0.4, -0.2) is 17.3 Å². The monoisotopic (exact) mass is 249 g/mol. The van der Waals surface area contributed by atoms with Gasteiger partial charge in [-0.25, -0.2) is 0 Å². The van der Waals surface area contributed by atoms with Crippen molar-refractivity contribution < 1.29 is 13.9 Å². The number of aryl methyl sites for hydroxylation is 1. The molecule has 0 aliphatic heterocycles. The van der Waals surface area contributed by atoms with Crippen molar-refractivity contribution in [2.24, 2.45) is 5.73 Å². The van der Waals surface area contributed by atoms with E-state index in [4.69, 9.17) is 19.6 Å². The van der Waals surface area contributed by atoms with Crippen molar-refractivity contribution >= 4 is 0 Å². The summed E-state index contributed by atoms with van der Waals surface area (Å²) in [7, 11) is 1.58. The molecule has 96 valence electrons. The van der Waals surface area contributed by atoms with E-state index in [0.29, 0.717) is 29.8 Å². The summed E-state index contributed by atoms with van der Waals surface area (Å²) in [5.74, 6) is 2.17. The normalized spacial score (nSPS) is 10.4. The number of methoxy groups -OCH3 is 1. The fraction of sp³-hybridized carbons (Fsp3) is 0.333. The largest absolute Gasteiger partial charge is 0.493 e. The molecule has 0 aliphatic carbocycles. The molecular formula is C12H15N3O3. The van der Waals surface area contributed by atoms with Gasteiger partial charge in [0.25, 0.3) is 5.89 Å². The summed E-state index contributed by atoms with van der Waals surface area (Å²) < 4.78 is 16.1. The van der Waals surface area contributed by atoms with Crippen LogP contribution in [0, 0.1) is 6.92 Å². The van der Waals surface area contributed by atoms with Crippen LogP contribution in [0.1, 0.15) is 17.3 Å². The maximum Gasteiger partial charge on any atom is 0.253 e. The van der Waals surface area contributed by atoms with Crippen molar-refractivity contribution in [3.8, 4) is 11.5 Å². The Bertz CT molecular complexity index is 503. The van der Waals surface area contributed by atoms with E-state index in [0.717, 1.165) is 5.56 Å². The first-order valence-electron chi connectivity index (χ1n) is 5.52. The molecule has 0 radical (unpaired) electrons. The van der Waals surface area contributed by atoms with Crippen molar-refractivity contribution in [3.63, 3.8) is 0 Å². The Morgan fingerprint density at radius 2 is 2.17 bits per heavy atom. The van der Waals surface area contributed by atoms with Crippen LogP contribution < -0.4 is 15.2 Å². The van der Waals surface area contributed by atoms with Gasteiger partial charge in [-0.2, -0.15) is 0 Å². The summed E-state index contributed by atoms with van der Waals surface area (Å²) >= 11 is 0.